The van der Waals surface area contributed by atoms with E-state index in [1.807, 2.05) is 0 Å². The average molecular weight is 273 g/mol. The molecule has 0 spiro atoms. The quantitative estimate of drug-likeness (QED) is 0.818. The molecule has 1 amide bonds. The number of carbonyl (C=O) groups excluding carboxylic acids is 1. The van der Waals surface area contributed by atoms with Crippen LogP contribution >= 0.6 is 11.6 Å². The summed E-state index contributed by atoms with van der Waals surface area (Å²) < 4.78 is 4.88. The predicted octanol–water partition coefficient (Wildman–Crippen LogP) is 1.25. The zero-order valence-electron chi connectivity index (χ0n) is 10.4. The van der Waals surface area contributed by atoms with Crippen LogP contribution in [0.15, 0.2) is 18.3 Å². The molecular formula is C12H17ClN2O3. The van der Waals surface area contributed by atoms with Gasteiger partial charge < -0.3 is 15.2 Å². The van der Waals surface area contributed by atoms with E-state index in [2.05, 4.69) is 10.3 Å². The second kappa shape index (κ2) is 6.68. The molecule has 0 fully saturated rings. The molecule has 5 nitrogen and oxygen atoms in total. The summed E-state index contributed by atoms with van der Waals surface area (Å²) in [6, 6.07) is 3.12. The maximum absolute atomic E-state index is 11.7. The van der Waals surface area contributed by atoms with Gasteiger partial charge in [0.05, 0.1) is 10.6 Å². The topological polar surface area (TPSA) is 71.5 Å². The lowest BCUT2D eigenvalue weighted by molar-refractivity contribution is 0.0243. The minimum atomic E-state index is -1.00. The van der Waals surface area contributed by atoms with Crippen LogP contribution in [0.4, 0.5) is 0 Å². The number of amides is 1. The van der Waals surface area contributed by atoms with E-state index in [1.54, 1.807) is 20.1 Å². The van der Waals surface area contributed by atoms with Crippen LogP contribution in [-0.4, -0.2) is 41.9 Å². The van der Waals surface area contributed by atoms with E-state index in [0.717, 1.165) is 0 Å². The Labute approximate surface area is 111 Å². The van der Waals surface area contributed by atoms with Gasteiger partial charge >= 0.3 is 0 Å². The summed E-state index contributed by atoms with van der Waals surface area (Å²) in [5, 5.41) is 13.0. The van der Waals surface area contributed by atoms with Gasteiger partial charge in [-0.05, 0) is 19.1 Å². The number of aliphatic hydroxyl groups is 1. The van der Waals surface area contributed by atoms with Crippen LogP contribution in [0.2, 0.25) is 5.02 Å². The second-order valence-electron chi connectivity index (χ2n) is 4.28. The van der Waals surface area contributed by atoms with Gasteiger partial charge in [-0.1, -0.05) is 11.6 Å². The Hall–Kier alpha value is -1.17. The fourth-order valence-corrected chi connectivity index (χ4v) is 1.39. The second-order valence-corrected chi connectivity index (χ2v) is 4.72. The number of nitrogens with one attached hydrogen (secondary N) is 1. The lowest BCUT2D eigenvalue weighted by atomic mass is 10.0. The molecule has 2 N–H and O–H groups in total. The summed E-state index contributed by atoms with van der Waals surface area (Å²) in [7, 11) is 1.56. The molecule has 1 aromatic rings. The van der Waals surface area contributed by atoms with Gasteiger partial charge in [0, 0.05) is 32.9 Å². The van der Waals surface area contributed by atoms with Gasteiger partial charge in [-0.2, -0.15) is 0 Å². The number of carbonyl (C=O) groups is 1. The van der Waals surface area contributed by atoms with Crippen molar-refractivity contribution in [2.75, 3.05) is 20.3 Å². The van der Waals surface area contributed by atoms with Gasteiger partial charge in [0.15, 0.2) is 0 Å². The fourth-order valence-electron chi connectivity index (χ4n) is 1.28. The minimum absolute atomic E-state index is 0.138. The normalized spacial score (nSPS) is 14.0. The van der Waals surface area contributed by atoms with Crippen LogP contribution in [0.1, 0.15) is 23.8 Å². The number of methoxy groups -OCH3 is 1. The van der Waals surface area contributed by atoms with Gasteiger partial charge in [0.1, 0.15) is 5.69 Å². The minimum Gasteiger partial charge on any atom is -0.388 e. The van der Waals surface area contributed by atoms with Crippen molar-refractivity contribution in [1.82, 2.24) is 10.3 Å². The molecule has 6 heteroatoms. The van der Waals surface area contributed by atoms with Gasteiger partial charge in [-0.15, -0.1) is 0 Å². The average Bonchev–Trinajstić information content (AvgIpc) is 2.35. The van der Waals surface area contributed by atoms with E-state index in [-0.39, 0.29) is 18.1 Å². The maximum atomic E-state index is 11.7. The van der Waals surface area contributed by atoms with Crippen LogP contribution < -0.4 is 5.32 Å². The number of hydrogen-bond acceptors (Lipinski definition) is 4. The molecule has 1 aromatic heterocycles. The third-order valence-electron chi connectivity index (χ3n) is 2.43. The van der Waals surface area contributed by atoms with Gasteiger partial charge in [-0.3, -0.25) is 4.79 Å². The standard InChI is InChI=1S/C12H17ClN2O3/c1-12(17,5-6-18-2)8-15-11(16)10-4-3-9(13)7-14-10/h3-4,7,17H,5-6,8H2,1-2H3,(H,15,16). The SMILES string of the molecule is COCCC(C)(O)CNC(=O)c1ccc(Cl)cn1. The van der Waals surface area contributed by atoms with Crippen LogP contribution in [-0.2, 0) is 4.74 Å². The number of nitrogens with zero attached hydrogens (tertiary/aromatic N) is 1. The molecule has 18 heavy (non-hydrogen) atoms. The van der Waals surface area contributed by atoms with Gasteiger partial charge in [0.2, 0.25) is 0 Å². The highest BCUT2D eigenvalue weighted by Crippen LogP contribution is 2.09. The van der Waals surface area contributed by atoms with Crippen molar-refractivity contribution in [2.45, 2.75) is 18.9 Å². The largest absolute Gasteiger partial charge is 0.388 e. The Morgan fingerprint density at radius 1 is 1.61 bits per heavy atom. The first kappa shape index (κ1) is 14.9. The van der Waals surface area contributed by atoms with Crippen LogP contribution in [0.3, 0.4) is 0 Å². The molecule has 1 rings (SSSR count). The van der Waals surface area contributed by atoms with Crippen molar-refractivity contribution in [3.8, 4) is 0 Å². The summed E-state index contributed by atoms with van der Waals surface area (Å²) in [4.78, 5) is 15.6. The monoisotopic (exact) mass is 272 g/mol. The van der Waals surface area contributed by atoms with E-state index in [0.29, 0.717) is 18.1 Å². The summed E-state index contributed by atoms with van der Waals surface area (Å²) in [6.45, 7) is 2.21. The van der Waals surface area contributed by atoms with E-state index in [9.17, 15) is 9.90 Å². The molecule has 100 valence electrons. The Bertz CT molecular complexity index is 393. The van der Waals surface area contributed by atoms with Crippen molar-refractivity contribution in [3.05, 3.63) is 29.0 Å². The molecule has 1 unspecified atom stereocenters. The van der Waals surface area contributed by atoms with Crippen molar-refractivity contribution in [2.24, 2.45) is 0 Å². The molecule has 0 saturated carbocycles. The first-order valence-electron chi connectivity index (χ1n) is 5.56. The zero-order chi connectivity index (χ0) is 13.6. The molecule has 0 aliphatic carbocycles. The Morgan fingerprint density at radius 3 is 2.89 bits per heavy atom. The first-order chi connectivity index (χ1) is 8.44. The van der Waals surface area contributed by atoms with E-state index >= 15 is 0 Å². The number of hydrogen-bond donors (Lipinski definition) is 2. The van der Waals surface area contributed by atoms with E-state index in [4.69, 9.17) is 16.3 Å². The number of rotatable bonds is 6. The van der Waals surface area contributed by atoms with Crippen LogP contribution in [0, 0.1) is 0 Å². The Kier molecular flexibility index (Phi) is 5.53. The van der Waals surface area contributed by atoms with E-state index in [1.165, 1.54) is 12.3 Å². The summed E-state index contributed by atoms with van der Waals surface area (Å²) in [5.41, 5.74) is -0.736. The molecule has 1 heterocycles. The number of pyridine rings is 1. The van der Waals surface area contributed by atoms with Crippen molar-refractivity contribution in [3.63, 3.8) is 0 Å². The van der Waals surface area contributed by atoms with Crippen molar-refractivity contribution >= 4 is 17.5 Å². The highest BCUT2D eigenvalue weighted by Gasteiger charge is 2.21. The maximum Gasteiger partial charge on any atom is 0.269 e. The van der Waals surface area contributed by atoms with Crippen LogP contribution in [0.25, 0.3) is 0 Å². The number of aromatic nitrogens is 1. The van der Waals surface area contributed by atoms with Crippen LogP contribution in [0.5, 0.6) is 0 Å². The highest BCUT2D eigenvalue weighted by atomic mass is 35.5. The molecule has 0 aliphatic rings. The molecule has 0 aliphatic heterocycles. The summed E-state index contributed by atoms with van der Waals surface area (Å²) in [5.74, 6) is -0.343. The predicted molar refractivity (Wildman–Crippen MR) is 68.7 cm³/mol. The third kappa shape index (κ3) is 5.00. The van der Waals surface area contributed by atoms with E-state index < -0.39 is 5.60 Å². The lowest BCUT2D eigenvalue weighted by Crippen LogP contribution is -2.41. The third-order valence-corrected chi connectivity index (χ3v) is 2.66. The number of ether oxygens (including phenoxy) is 1. The number of halogens is 1. The fraction of sp³-hybridized carbons (Fsp3) is 0.500. The van der Waals surface area contributed by atoms with Gasteiger partial charge in [0.25, 0.3) is 5.91 Å². The lowest BCUT2D eigenvalue weighted by Gasteiger charge is -2.23. The van der Waals surface area contributed by atoms with Crippen molar-refractivity contribution < 1.29 is 14.6 Å². The Balaban J connectivity index is 2.48. The Morgan fingerprint density at radius 2 is 2.33 bits per heavy atom. The van der Waals surface area contributed by atoms with Crippen molar-refractivity contribution in [1.29, 1.82) is 0 Å². The first-order valence-corrected chi connectivity index (χ1v) is 5.93. The molecule has 0 radical (unpaired) electrons. The summed E-state index contributed by atoms with van der Waals surface area (Å²) >= 11 is 5.68. The smallest absolute Gasteiger partial charge is 0.269 e. The summed E-state index contributed by atoms with van der Waals surface area (Å²) in [6.07, 6.45) is 1.84. The van der Waals surface area contributed by atoms with Gasteiger partial charge in [-0.25, -0.2) is 4.98 Å². The molecule has 1 atom stereocenters. The highest BCUT2D eigenvalue weighted by molar-refractivity contribution is 6.30. The zero-order valence-corrected chi connectivity index (χ0v) is 11.2. The molecule has 0 saturated heterocycles. The molecule has 0 bridgehead atoms. The molecular weight excluding hydrogens is 256 g/mol. The molecule has 0 aromatic carbocycles.